The molecular formula is C13H17N3OS. The quantitative estimate of drug-likeness (QED) is 0.564. The number of hydrogen-bond donors (Lipinski definition) is 3. The molecule has 3 N–H and O–H groups in total. The molecule has 96 valence electrons. The number of benzene rings is 1. The van der Waals surface area contributed by atoms with E-state index in [1.54, 1.807) is 0 Å². The minimum atomic E-state index is 0.0132. The number of carbonyl (C=O) groups is 1. The predicted octanol–water partition coefficient (Wildman–Crippen LogP) is 2.03. The molecular weight excluding hydrogens is 246 g/mol. The second-order valence-electron chi connectivity index (χ2n) is 4.64. The molecule has 1 aromatic carbocycles. The van der Waals surface area contributed by atoms with E-state index in [0.717, 1.165) is 18.5 Å². The highest BCUT2D eigenvalue weighted by molar-refractivity contribution is 7.80. The van der Waals surface area contributed by atoms with Crippen molar-refractivity contribution in [1.82, 2.24) is 10.9 Å². The van der Waals surface area contributed by atoms with E-state index >= 15 is 0 Å². The van der Waals surface area contributed by atoms with Crippen LogP contribution in [0.1, 0.15) is 24.0 Å². The lowest BCUT2D eigenvalue weighted by atomic mass is 10.1. The number of thiocarbonyl (C=S) groups is 1. The molecule has 0 saturated heterocycles. The molecule has 1 aliphatic rings. The van der Waals surface area contributed by atoms with Crippen molar-refractivity contribution >= 4 is 28.9 Å². The number of rotatable bonds is 2. The highest BCUT2D eigenvalue weighted by Crippen LogP contribution is 2.28. The summed E-state index contributed by atoms with van der Waals surface area (Å²) in [6.45, 7) is 4.11. The van der Waals surface area contributed by atoms with Crippen LogP contribution in [-0.4, -0.2) is 11.0 Å². The first-order valence-electron chi connectivity index (χ1n) is 6.00. The minimum absolute atomic E-state index is 0.0132. The maximum Gasteiger partial charge on any atom is 0.241 e. The fourth-order valence-electron chi connectivity index (χ4n) is 1.55. The SMILES string of the molecule is Cc1ccc(NC(=S)NNC(=O)C2CC2)cc1C. The van der Waals surface area contributed by atoms with Crippen molar-refractivity contribution in [2.45, 2.75) is 26.7 Å². The fraction of sp³-hybridized carbons (Fsp3) is 0.385. The smallest absolute Gasteiger partial charge is 0.241 e. The Morgan fingerprint density at radius 2 is 1.94 bits per heavy atom. The molecule has 1 aliphatic carbocycles. The van der Waals surface area contributed by atoms with Crippen molar-refractivity contribution in [3.8, 4) is 0 Å². The van der Waals surface area contributed by atoms with E-state index in [4.69, 9.17) is 12.2 Å². The third-order valence-electron chi connectivity index (χ3n) is 3.01. The predicted molar refractivity (Wildman–Crippen MR) is 76.1 cm³/mol. The van der Waals surface area contributed by atoms with Gasteiger partial charge in [-0.3, -0.25) is 15.6 Å². The molecule has 0 spiro atoms. The van der Waals surface area contributed by atoms with Gasteiger partial charge in [0.2, 0.25) is 5.91 Å². The zero-order valence-corrected chi connectivity index (χ0v) is 11.4. The first-order valence-corrected chi connectivity index (χ1v) is 6.41. The molecule has 0 bridgehead atoms. The first-order chi connectivity index (χ1) is 8.56. The maximum absolute atomic E-state index is 11.4. The molecule has 1 aromatic rings. The molecule has 0 unspecified atom stereocenters. The minimum Gasteiger partial charge on any atom is -0.331 e. The number of carbonyl (C=O) groups excluding carboxylic acids is 1. The van der Waals surface area contributed by atoms with E-state index in [9.17, 15) is 4.79 Å². The van der Waals surface area contributed by atoms with Crippen molar-refractivity contribution in [2.24, 2.45) is 5.92 Å². The Morgan fingerprint density at radius 1 is 1.22 bits per heavy atom. The van der Waals surface area contributed by atoms with E-state index in [1.807, 2.05) is 25.1 Å². The van der Waals surface area contributed by atoms with Gasteiger partial charge in [0.25, 0.3) is 0 Å². The van der Waals surface area contributed by atoms with E-state index < -0.39 is 0 Å². The second-order valence-corrected chi connectivity index (χ2v) is 5.05. The van der Waals surface area contributed by atoms with Crippen LogP contribution in [0, 0.1) is 19.8 Å². The Morgan fingerprint density at radius 3 is 2.56 bits per heavy atom. The molecule has 0 aliphatic heterocycles. The van der Waals surface area contributed by atoms with Crippen LogP contribution in [0.2, 0.25) is 0 Å². The molecule has 0 radical (unpaired) electrons. The summed E-state index contributed by atoms with van der Waals surface area (Å²) in [6, 6.07) is 6.01. The van der Waals surface area contributed by atoms with E-state index in [-0.39, 0.29) is 11.8 Å². The number of amides is 1. The van der Waals surface area contributed by atoms with Crippen LogP contribution in [0.5, 0.6) is 0 Å². The largest absolute Gasteiger partial charge is 0.331 e. The number of hydrogen-bond acceptors (Lipinski definition) is 2. The number of hydrazine groups is 1. The summed E-state index contributed by atoms with van der Waals surface area (Å²) in [6.07, 6.45) is 1.95. The summed E-state index contributed by atoms with van der Waals surface area (Å²) in [5.41, 5.74) is 8.65. The van der Waals surface area contributed by atoms with Crippen molar-refractivity contribution < 1.29 is 4.79 Å². The van der Waals surface area contributed by atoms with Gasteiger partial charge in [0.1, 0.15) is 0 Å². The average molecular weight is 263 g/mol. The first kappa shape index (κ1) is 12.8. The summed E-state index contributed by atoms with van der Waals surface area (Å²) >= 11 is 5.10. The molecule has 0 aromatic heterocycles. The van der Waals surface area contributed by atoms with Gasteiger partial charge in [0.05, 0.1) is 0 Å². The van der Waals surface area contributed by atoms with Crippen LogP contribution in [0.25, 0.3) is 0 Å². The highest BCUT2D eigenvalue weighted by Gasteiger charge is 2.29. The molecule has 2 rings (SSSR count). The van der Waals surface area contributed by atoms with E-state index in [0.29, 0.717) is 5.11 Å². The van der Waals surface area contributed by atoms with Gasteiger partial charge in [-0.2, -0.15) is 0 Å². The lowest BCUT2D eigenvalue weighted by Gasteiger charge is -2.12. The summed E-state index contributed by atoms with van der Waals surface area (Å²) in [5, 5.41) is 3.43. The third-order valence-corrected chi connectivity index (χ3v) is 3.22. The molecule has 1 amide bonds. The van der Waals surface area contributed by atoms with Gasteiger partial charge in [-0.05, 0) is 62.2 Å². The van der Waals surface area contributed by atoms with Crippen LogP contribution in [0.4, 0.5) is 5.69 Å². The monoisotopic (exact) mass is 263 g/mol. The third kappa shape index (κ3) is 3.43. The van der Waals surface area contributed by atoms with Crippen LogP contribution in [0.15, 0.2) is 18.2 Å². The van der Waals surface area contributed by atoms with Crippen LogP contribution in [0.3, 0.4) is 0 Å². The summed E-state index contributed by atoms with van der Waals surface area (Å²) in [4.78, 5) is 11.4. The molecule has 0 heterocycles. The highest BCUT2D eigenvalue weighted by atomic mass is 32.1. The Balaban J connectivity index is 1.82. The molecule has 1 saturated carbocycles. The fourth-order valence-corrected chi connectivity index (χ4v) is 1.72. The number of aryl methyl sites for hydroxylation is 2. The topological polar surface area (TPSA) is 53.2 Å². The van der Waals surface area contributed by atoms with Gasteiger partial charge < -0.3 is 5.32 Å². The van der Waals surface area contributed by atoms with E-state index in [1.165, 1.54) is 11.1 Å². The lowest BCUT2D eigenvalue weighted by Crippen LogP contribution is -2.44. The maximum atomic E-state index is 11.4. The van der Waals surface area contributed by atoms with Crippen LogP contribution < -0.4 is 16.2 Å². The van der Waals surface area contributed by atoms with Crippen molar-refractivity contribution in [3.63, 3.8) is 0 Å². The molecule has 18 heavy (non-hydrogen) atoms. The van der Waals surface area contributed by atoms with Gasteiger partial charge in [-0.1, -0.05) is 6.07 Å². The summed E-state index contributed by atoms with van der Waals surface area (Å²) < 4.78 is 0. The standard InChI is InChI=1S/C13H17N3OS/c1-8-3-6-11(7-9(8)2)14-13(18)16-15-12(17)10-4-5-10/h3,6-7,10H,4-5H2,1-2H3,(H,15,17)(H2,14,16,18). The Hall–Kier alpha value is -1.62. The van der Waals surface area contributed by atoms with Gasteiger partial charge in [-0.25, -0.2) is 0 Å². The summed E-state index contributed by atoms with van der Waals surface area (Å²) in [5.74, 6) is 0.182. The Labute approximate surface area is 112 Å². The molecule has 4 nitrogen and oxygen atoms in total. The lowest BCUT2D eigenvalue weighted by molar-refractivity contribution is -0.122. The van der Waals surface area contributed by atoms with Crippen molar-refractivity contribution in [3.05, 3.63) is 29.3 Å². The zero-order valence-electron chi connectivity index (χ0n) is 10.5. The van der Waals surface area contributed by atoms with Gasteiger partial charge >= 0.3 is 0 Å². The molecule has 0 atom stereocenters. The number of anilines is 1. The Bertz CT molecular complexity index is 483. The van der Waals surface area contributed by atoms with Crippen LogP contribution in [-0.2, 0) is 4.79 Å². The van der Waals surface area contributed by atoms with Gasteiger partial charge in [-0.15, -0.1) is 0 Å². The van der Waals surface area contributed by atoms with Crippen molar-refractivity contribution in [1.29, 1.82) is 0 Å². The normalized spacial score (nSPS) is 13.9. The zero-order chi connectivity index (χ0) is 13.1. The van der Waals surface area contributed by atoms with Crippen molar-refractivity contribution in [2.75, 3.05) is 5.32 Å². The summed E-state index contributed by atoms with van der Waals surface area (Å²) in [7, 11) is 0. The van der Waals surface area contributed by atoms with Gasteiger partial charge in [0, 0.05) is 11.6 Å². The van der Waals surface area contributed by atoms with Crippen LogP contribution >= 0.6 is 12.2 Å². The molecule has 5 heteroatoms. The average Bonchev–Trinajstić information content (AvgIpc) is 3.15. The molecule has 1 fully saturated rings. The second kappa shape index (κ2) is 5.35. The van der Waals surface area contributed by atoms with Gasteiger partial charge in [0.15, 0.2) is 5.11 Å². The van der Waals surface area contributed by atoms with E-state index in [2.05, 4.69) is 23.1 Å². The Kier molecular flexibility index (Phi) is 3.81. The number of nitrogens with one attached hydrogen (secondary N) is 3.